The largest absolute Gasteiger partial charge is 0.357 e. The fraction of sp³-hybridized carbons (Fsp3) is 0.737. The summed E-state index contributed by atoms with van der Waals surface area (Å²) in [6.07, 6.45) is 2.62. The molecule has 1 aromatic heterocycles. The Bertz CT molecular complexity index is 490. The molecule has 144 valence electrons. The van der Waals surface area contributed by atoms with Crippen LogP contribution in [0.1, 0.15) is 39.2 Å². The van der Waals surface area contributed by atoms with Crippen LogP contribution in [0.4, 0.5) is 0 Å². The summed E-state index contributed by atoms with van der Waals surface area (Å²) < 4.78 is 0. The number of nitrogens with one attached hydrogen (secondary N) is 1. The quantitative estimate of drug-likeness (QED) is 0.363. The first kappa shape index (κ1) is 22.7. The van der Waals surface area contributed by atoms with E-state index >= 15 is 0 Å². The second kappa shape index (κ2) is 12.1. The molecule has 1 aromatic rings. The number of piperidine rings is 1. The van der Waals surface area contributed by atoms with E-state index in [1.54, 1.807) is 11.3 Å². The monoisotopic (exact) mass is 478 g/mol. The molecule has 0 aliphatic carbocycles. The van der Waals surface area contributed by atoms with Crippen LogP contribution in [0.15, 0.2) is 21.8 Å². The van der Waals surface area contributed by atoms with Gasteiger partial charge in [-0.15, -0.1) is 24.0 Å². The first-order valence-electron chi connectivity index (χ1n) is 9.31. The van der Waals surface area contributed by atoms with E-state index in [9.17, 15) is 0 Å². The highest BCUT2D eigenvalue weighted by atomic mass is 127. The van der Waals surface area contributed by atoms with Crippen molar-refractivity contribution in [1.29, 1.82) is 0 Å². The Balaban J connectivity index is 0.00000312. The van der Waals surface area contributed by atoms with Crippen molar-refractivity contribution in [2.24, 2.45) is 16.8 Å². The van der Waals surface area contributed by atoms with E-state index in [-0.39, 0.29) is 24.0 Å². The summed E-state index contributed by atoms with van der Waals surface area (Å²) in [5.74, 6) is 2.48. The number of hydrogen-bond acceptors (Lipinski definition) is 3. The van der Waals surface area contributed by atoms with Crippen LogP contribution in [0.25, 0.3) is 0 Å². The second-order valence-corrected chi connectivity index (χ2v) is 8.12. The minimum absolute atomic E-state index is 0. The van der Waals surface area contributed by atoms with Crippen LogP contribution >= 0.6 is 35.3 Å². The van der Waals surface area contributed by atoms with Crippen molar-refractivity contribution in [1.82, 2.24) is 15.1 Å². The summed E-state index contributed by atoms with van der Waals surface area (Å²) in [5.41, 5.74) is 1.36. The summed E-state index contributed by atoms with van der Waals surface area (Å²) in [4.78, 5) is 9.80. The zero-order valence-corrected chi connectivity index (χ0v) is 19.3. The van der Waals surface area contributed by atoms with Crippen molar-refractivity contribution < 1.29 is 0 Å². The Morgan fingerprint density at radius 2 is 2.28 bits per heavy atom. The number of thiophene rings is 1. The highest BCUT2D eigenvalue weighted by Gasteiger charge is 2.20. The van der Waals surface area contributed by atoms with E-state index in [1.165, 1.54) is 38.0 Å². The van der Waals surface area contributed by atoms with Crippen molar-refractivity contribution in [2.45, 2.75) is 40.2 Å². The highest BCUT2D eigenvalue weighted by Crippen LogP contribution is 2.18. The van der Waals surface area contributed by atoms with Crippen LogP contribution < -0.4 is 5.32 Å². The standard InChI is InChI=1S/C19H34N4S.HI/c1-5-20-19(22(4)13-18-8-10-24-15-18)21-11-17-7-6-9-23(14-17)12-16(2)3;/h8,10,15-17H,5-7,9,11-14H2,1-4H3,(H,20,21);1H. The van der Waals surface area contributed by atoms with Crippen LogP contribution in [0.3, 0.4) is 0 Å². The van der Waals surface area contributed by atoms with Gasteiger partial charge < -0.3 is 15.1 Å². The van der Waals surface area contributed by atoms with E-state index < -0.39 is 0 Å². The molecule has 1 N–H and O–H groups in total. The van der Waals surface area contributed by atoms with Crippen LogP contribution in [0.2, 0.25) is 0 Å². The highest BCUT2D eigenvalue weighted by molar-refractivity contribution is 14.0. The third-order valence-electron chi connectivity index (χ3n) is 4.42. The Kier molecular flexibility index (Phi) is 11.0. The molecule has 1 saturated heterocycles. The summed E-state index contributed by atoms with van der Waals surface area (Å²) >= 11 is 1.76. The minimum Gasteiger partial charge on any atom is -0.357 e. The van der Waals surface area contributed by atoms with E-state index in [2.05, 4.69) is 59.8 Å². The van der Waals surface area contributed by atoms with Gasteiger partial charge in [0.15, 0.2) is 5.96 Å². The molecule has 6 heteroatoms. The predicted octanol–water partition coefficient (Wildman–Crippen LogP) is 4.13. The molecular weight excluding hydrogens is 443 g/mol. The van der Waals surface area contributed by atoms with Crippen molar-refractivity contribution >= 4 is 41.3 Å². The molecule has 1 aliphatic rings. The molecule has 4 nitrogen and oxygen atoms in total. The van der Waals surface area contributed by atoms with Crippen LogP contribution in [-0.2, 0) is 6.54 Å². The SMILES string of the molecule is CCNC(=NCC1CCCN(CC(C)C)C1)N(C)Cc1ccsc1.I. The molecule has 0 bridgehead atoms. The van der Waals surface area contributed by atoms with E-state index in [0.717, 1.165) is 31.5 Å². The van der Waals surface area contributed by atoms with Crippen molar-refractivity contribution in [2.75, 3.05) is 39.8 Å². The molecule has 0 radical (unpaired) electrons. The van der Waals surface area contributed by atoms with Gasteiger partial charge in [0.25, 0.3) is 0 Å². The number of hydrogen-bond donors (Lipinski definition) is 1. The zero-order valence-electron chi connectivity index (χ0n) is 16.2. The van der Waals surface area contributed by atoms with Gasteiger partial charge >= 0.3 is 0 Å². The van der Waals surface area contributed by atoms with Crippen LogP contribution in [-0.4, -0.2) is 55.5 Å². The lowest BCUT2D eigenvalue weighted by molar-refractivity contribution is 0.162. The molecule has 1 aliphatic heterocycles. The number of aliphatic imine (C=N–C) groups is 1. The van der Waals surface area contributed by atoms with Gasteiger partial charge in [-0.25, -0.2) is 0 Å². The van der Waals surface area contributed by atoms with Crippen molar-refractivity contribution in [3.63, 3.8) is 0 Å². The Labute approximate surface area is 175 Å². The molecule has 0 saturated carbocycles. The maximum atomic E-state index is 4.94. The van der Waals surface area contributed by atoms with Gasteiger partial charge in [-0.1, -0.05) is 13.8 Å². The molecule has 2 heterocycles. The molecular formula is C19H35IN4S. The Morgan fingerprint density at radius 3 is 2.92 bits per heavy atom. The molecule has 1 unspecified atom stereocenters. The van der Waals surface area contributed by atoms with Crippen LogP contribution in [0.5, 0.6) is 0 Å². The third kappa shape index (κ3) is 8.26. The summed E-state index contributed by atoms with van der Waals surface area (Å²) in [6.45, 7) is 13.2. The molecule has 25 heavy (non-hydrogen) atoms. The number of guanidine groups is 1. The van der Waals surface area contributed by atoms with Gasteiger partial charge in [-0.05, 0) is 60.5 Å². The predicted molar refractivity (Wildman–Crippen MR) is 121 cm³/mol. The fourth-order valence-corrected chi connectivity index (χ4v) is 4.06. The molecule has 0 amide bonds. The lowest BCUT2D eigenvalue weighted by atomic mass is 9.97. The van der Waals surface area contributed by atoms with Gasteiger partial charge in [0, 0.05) is 39.8 Å². The molecule has 0 aromatic carbocycles. The summed E-state index contributed by atoms with van der Waals surface area (Å²) in [6, 6.07) is 2.19. The molecule has 2 rings (SSSR count). The van der Waals surface area contributed by atoms with Gasteiger partial charge in [-0.2, -0.15) is 11.3 Å². The number of likely N-dealkylation sites (tertiary alicyclic amines) is 1. The van der Waals surface area contributed by atoms with Crippen LogP contribution in [0, 0.1) is 11.8 Å². The average molecular weight is 478 g/mol. The zero-order chi connectivity index (χ0) is 17.4. The number of nitrogens with zero attached hydrogens (tertiary/aromatic N) is 3. The fourth-order valence-electron chi connectivity index (χ4n) is 3.40. The summed E-state index contributed by atoms with van der Waals surface area (Å²) in [5, 5.41) is 7.79. The molecule has 1 atom stereocenters. The number of rotatable bonds is 7. The second-order valence-electron chi connectivity index (χ2n) is 7.34. The maximum Gasteiger partial charge on any atom is 0.193 e. The normalized spacial score (nSPS) is 18.9. The van der Waals surface area contributed by atoms with Crippen molar-refractivity contribution in [3.8, 4) is 0 Å². The average Bonchev–Trinajstić information content (AvgIpc) is 3.04. The van der Waals surface area contributed by atoms with Gasteiger partial charge in [0.2, 0.25) is 0 Å². The maximum absolute atomic E-state index is 4.94. The first-order chi connectivity index (χ1) is 11.6. The van der Waals surface area contributed by atoms with Crippen molar-refractivity contribution in [3.05, 3.63) is 22.4 Å². The Hall–Kier alpha value is -0.340. The smallest absolute Gasteiger partial charge is 0.193 e. The molecule has 1 fully saturated rings. The van der Waals surface area contributed by atoms with E-state index in [0.29, 0.717) is 5.92 Å². The summed E-state index contributed by atoms with van der Waals surface area (Å²) in [7, 11) is 2.13. The van der Waals surface area contributed by atoms with Gasteiger partial charge in [0.05, 0.1) is 0 Å². The molecule has 0 spiro atoms. The van der Waals surface area contributed by atoms with E-state index in [1.807, 2.05) is 0 Å². The first-order valence-corrected chi connectivity index (χ1v) is 10.3. The topological polar surface area (TPSA) is 30.9 Å². The minimum atomic E-state index is 0. The number of halogens is 1. The third-order valence-corrected chi connectivity index (χ3v) is 5.15. The lowest BCUT2D eigenvalue weighted by Gasteiger charge is -2.33. The Morgan fingerprint density at radius 1 is 1.48 bits per heavy atom. The van der Waals surface area contributed by atoms with E-state index in [4.69, 9.17) is 4.99 Å². The van der Waals surface area contributed by atoms with Gasteiger partial charge in [-0.3, -0.25) is 4.99 Å². The van der Waals surface area contributed by atoms with Gasteiger partial charge in [0.1, 0.15) is 0 Å². The lowest BCUT2D eigenvalue weighted by Crippen LogP contribution is -2.41.